The Morgan fingerprint density at radius 1 is 0.975 bits per heavy atom. The molecule has 1 saturated heterocycles. The average molecular weight is 540 g/mol. The Morgan fingerprint density at radius 3 is 2.52 bits per heavy atom. The van der Waals surface area contributed by atoms with Gasteiger partial charge in [-0.15, -0.1) is 5.10 Å². The summed E-state index contributed by atoms with van der Waals surface area (Å²) in [4.78, 5) is 20.8. The second kappa shape index (κ2) is 11.3. The van der Waals surface area contributed by atoms with Crippen molar-refractivity contribution in [1.29, 1.82) is 0 Å². The van der Waals surface area contributed by atoms with Gasteiger partial charge in [0.1, 0.15) is 17.6 Å². The molecule has 1 fully saturated rings. The molecule has 0 amide bonds. The third kappa shape index (κ3) is 5.17. The fraction of sp³-hybridized carbons (Fsp3) is 0.267. The van der Waals surface area contributed by atoms with Crippen molar-refractivity contribution in [3.63, 3.8) is 0 Å². The van der Waals surface area contributed by atoms with Gasteiger partial charge >= 0.3 is 0 Å². The SMILES string of the molecule is COc1ccc2[nH]c(=O)c([C@H](c3nnnn3CCc3ccccc3)N3CCN(c4ccccc4F)CC3)cc2c1. The van der Waals surface area contributed by atoms with Gasteiger partial charge in [-0.05, 0) is 58.8 Å². The number of piperazine rings is 1. The molecule has 1 aliphatic heterocycles. The topological polar surface area (TPSA) is 92.2 Å². The van der Waals surface area contributed by atoms with Gasteiger partial charge in [-0.25, -0.2) is 9.07 Å². The lowest BCUT2D eigenvalue weighted by molar-refractivity contribution is 0.199. The molecule has 6 rings (SSSR count). The number of methoxy groups -OCH3 is 1. The molecule has 0 aliphatic carbocycles. The number of aryl methyl sites for hydroxylation is 2. The smallest absolute Gasteiger partial charge is 0.253 e. The van der Waals surface area contributed by atoms with Crippen LogP contribution in [0.3, 0.4) is 0 Å². The standard InChI is InChI=1S/C30H30FN7O2/c1-40-23-11-12-26-22(19-23)20-24(30(39)32-26)28(29-33-34-35-38(29)14-13-21-7-3-2-4-8-21)37-17-15-36(16-18-37)27-10-6-5-9-25(27)31/h2-12,19-20,28H,13-18H2,1H3,(H,32,39)/t28-/m1/s1. The van der Waals surface area contributed by atoms with E-state index in [1.54, 1.807) is 23.9 Å². The minimum Gasteiger partial charge on any atom is -0.497 e. The van der Waals surface area contributed by atoms with Crippen molar-refractivity contribution in [2.45, 2.75) is 19.0 Å². The molecule has 0 unspecified atom stereocenters. The van der Waals surface area contributed by atoms with Crippen molar-refractivity contribution in [1.82, 2.24) is 30.1 Å². The summed E-state index contributed by atoms with van der Waals surface area (Å²) in [7, 11) is 1.62. The summed E-state index contributed by atoms with van der Waals surface area (Å²) in [6.07, 6.45) is 0.748. The minimum atomic E-state index is -0.493. The number of hydrogen-bond acceptors (Lipinski definition) is 7. The normalized spacial score (nSPS) is 14.9. The lowest BCUT2D eigenvalue weighted by Gasteiger charge is -2.39. The molecule has 1 atom stereocenters. The van der Waals surface area contributed by atoms with Crippen LogP contribution in [0, 0.1) is 5.82 Å². The molecule has 40 heavy (non-hydrogen) atoms. The second-order valence-electron chi connectivity index (χ2n) is 9.88. The van der Waals surface area contributed by atoms with Crippen molar-refractivity contribution < 1.29 is 9.13 Å². The van der Waals surface area contributed by atoms with Crippen molar-refractivity contribution >= 4 is 16.6 Å². The zero-order valence-electron chi connectivity index (χ0n) is 22.2. The minimum absolute atomic E-state index is 0.197. The molecule has 204 valence electrons. The summed E-state index contributed by atoms with van der Waals surface area (Å²) >= 11 is 0. The molecule has 0 saturated carbocycles. The van der Waals surface area contributed by atoms with Crippen molar-refractivity contribution in [2.75, 3.05) is 38.2 Å². The Labute approximate surface area is 230 Å². The van der Waals surface area contributed by atoms with Crippen LogP contribution in [-0.4, -0.2) is 63.4 Å². The first-order chi connectivity index (χ1) is 19.6. The third-order valence-electron chi connectivity index (χ3n) is 7.51. The average Bonchev–Trinajstić information content (AvgIpc) is 3.45. The molecule has 5 aromatic rings. The highest BCUT2D eigenvalue weighted by atomic mass is 19.1. The van der Waals surface area contributed by atoms with E-state index in [1.165, 1.54) is 11.6 Å². The van der Waals surface area contributed by atoms with Gasteiger partial charge in [0.25, 0.3) is 5.56 Å². The van der Waals surface area contributed by atoms with Crippen LogP contribution in [0.4, 0.5) is 10.1 Å². The number of H-pyrrole nitrogens is 1. The highest BCUT2D eigenvalue weighted by molar-refractivity contribution is 5.80. The van der Waals surface area contributed by atoms with Crippen molar-refractivity contribution in [3.8, 4) is 5.75 Å². The highest BCUT2D eigenvalue weighted by Crippen LogP contribution is 2.30. The van der Waals surface area contributed by atoms with Gasteiger partial charge in [0.05, 0.1) is 12.8 Å². The molecule has 3 heterocycles. The first-order valence-corrected chi connectivity index (χ1v) is 13.3. The van der Waals surface area contributed by atoms with Gasteiger partial charge < -0.3 is 14.6 Å². The van der Waals surface area contributed by atoms with E-state index in [-0.39, 0.29) is 11.4 Å². The van der Waals surface area contributed by atoms with E-state index in [4.69, 9.17) is 4.74 Å². The van der Waals surface area contributed by atoms with Gasteiger partial charge in [-0.1, -0.05) is 42.5 Å². The number of ether oxygens (including phenoxy) is 1. The van der Waals surface area contributed by atoms with Crippen LogP contribution >= 0.6 is 0 Å². The van der Waals surface area contributed by atoms with E-state index in [1.807, 2.05) is 53.4 Å². The van der Waals surface area contributed by atoms with Crippen LogP contribution in [0.15, 0.2) is 83.7 Å². The number of nitrogens with one attached hydrogen (secondary N) is 1. The number of aromatic amines is 1. The first-order valence-electron chi connectivity index (χ1n) is 13.3. The number of benzene rings is 3. The third-order valence-corrected chi connectivity index (χ3v) is 7.51. The quantitative estimate of drug-likeness (QED) is 0.321. The van der Waals surface area contributed by atoms with E-state index >= 15 is 0 Å². The predicted molar refractivity (Wildman–Crippen MR) is 151 cm³/mol. The van der Waals surface area contributed by atoms with E-state index in [9.17, 15) is 9.18 Å². The summed E-state index contributed by atoms with van der Waals surface area (Å²) in [5, 5.41) is 13.6. The molecule has 1 N–H and O–H groups in total. The van der Waals surface area contributed by atoms with Crippen LogP contribution in [-0.2, 0) is 13.0 Å². The van der Waals surface area contributed by atoms with Gasteiger partial charge in [0.2, 0.25) is 0 Å². The molecule has 0 radical (unpaired) electrons. The number of para-hydroxylation sites is 1. The lowest BCUT2D eigenvalue weighted by Crippen LogP contribution is -2.49. The maximum Gasteiger partial charge on any atom is 0.253 e. The van der Waals surface area contributed by atoms with Crippen LogP contribution < -0.4 is 15.2 Å². The second-order valence-corrected chi connectivity index (χ2v) is 9.88. The molecular formula is C30H30FN7O2. The summed E-state index contributed by atoms with van der Waals surface area (Å²) in [5.41, 5.74) is 2.84. The number of tetrazole rings is 1. The molecule has 3 aromatic carbocycles. The van der Waals surface area contributed by atoms with Gasteiger partial charge in [0.15, 0.2) is 5.82 Å². The van der Waals surface area contributed by atoms with E-state index in [0.29, 0.717) is 55.5 Å². The Bertz CT molecular complexity index is 1660. The maximum absolute atomic E-state index is 14.5. The molecule has 9 nitrogen and oxygen atoms in total. The van der Waals surface area contributed by atoms with Crippen molar-refractivity contribution in [2.24, 2.45) is 0 Å². The van der Waals surface area contributed by atoms with Gasteiger partial charge in [-0.3, -0.25) is 9.69 Å². The number of nitrogens with zero attached hydrogens (tertiary/aromatic N) is 6. The van der Waals surface area contributed by atoms with Gasteiger partial charge in [0, 0.05) is 49.2 Å². The molecular weight excluding hydrogens is 509 g/mol. The Hall–Kier alpha value is -4.57. The fourth-order valence-corrected chi connectivity index (χ4v) is 5.41. The summed E-state index contributed by atoms with van der Waals surface area (Å²) < 4.78 is 21.7. The predicted octanol–water partition coefficient (Wildman–Crippen LogP) is 3.82. The van der Waals surface area contributed by atoms with Crippen LogP contribution in [0.5, 0.6) is 5.75 Å². The summed E-state index contributed by atoms with van der Waals surface area (Å²) in [6, 6.07) is 24.0. The number of halogens is 1. The Balaban J connectivity index is 1.36. The highest BCUT2D eigenvalue weighted by Gasteiger charge is 2.33. The fourth-order valence-electron chi connectivity index (χ4n) is 5.41. The Morgan fingerprint density at radius 2 is 1.75 bits per heavy atom. The number of fused-ring (bicyclic) bond motifs is 1. The lowest BCUT2D eigenvalue weighted by atomic mass is 10.0. The monoisotopic (exact) mass is 539 g/mol. The molecule has 0 bridgehead atoms. The zero-order valence-corrected chi connectivity index (χ0v) is 22.2. The van der Waals surface area contributed by atoms with E-state index < -0.39 is 6.04 Å². The Kier molecular flexibility index (Phi) is 7.24. The molecule has 10 heteroatoms. The van der Waals surface area contributed by atoms with Crippen molar-refractivity contribution in [3.05, 3.63) is 112 Å². The van der Waals surface area contributed by atoms with Gasteiger partial charge in [-0.2, -0.15) is 0 Å². The largest absolute Gasteiger partial charge is 0.497 e. The van der Waals surface area contributed by atoms with Crippen LogP contribution in [0.25, 0.3) is 10.9 Å². The molecule has 0 spiro atoms. The molecule has 2 aromatic heterocycles. The number of rotatable bonds is 8. The first kappa shape index (κ1) is 25.7. The summed E-state index contributed by atoms with van der Waals surface area (Å²) in [6.45, 7) is 2.96. The van der Waals surface area contributed by atoms with Crippen LogP contribution in [0.2, 0.25) is 0 Å². The number of pyridine rings is 1. The maximum atomic E-state index is 14.5. The summed E-state index contributed by atoms with van der Waals surface area (Å²) in [5.74, 6) is 1.06. The van der Waals surface area contributed by atoms with E-state index in [0.717, 1.165) is 17.3 Å². The zero-order chi connectivity index (χ0) is 27.5. The molecule has 1 aliphatic rings. The number of hydrogen-bond donors (Lipinski definition) is 1. The number of aromatic nitrogens is 5. The number of anilines is 1. The van der Waals surface area contributed by atoms with Crippen LogP contribution in [0.1, 0.15) is 23.0 Å². The van der Waals surface area contributed by atoms with E-state index in [2.05, 4.69) is 37.5 Å².